The molecule has 0 atom stereocenters. The molecule has 1 heterocycles. The van der Waals surface area contributed by atoms with E-state index in [1.54, 1.807) is 4.98 Å². The number of pyridine rings is 1. The van der Waals surface area contributed by atoms with Crippen LogP contribution in [-0.2, 0) is 0 Å². The van der Waals surface area contributed by atoms with Crippen LogP contribution in [0.1, 0.15) is 10.4 Å². The standard InChI is InChI=1S/C6H4FNO3/c7-4-1-3(6(10)11)2-5(9)8-4/h1-2H,(H,8,9)(H,10,11). The molecule has 5 heteroatoms. The van der Waals surface area contributed by atoms with Crippen LogP contribution in [0.15, 0.2) is 16.9 Å². The second kappa shape index (κ2) is 2.53. The Hall–Kier alpha value is -1.65. The summed E-state index contributed by atoms with van der Waals surface area (Å²) in [6.45, 7) is 0. The van der Waals surface area contributed by atoms with E-state index in [1.165, 1.54) is 0 Å². The maximum absolute atomic E-state index is 12.3. The summed E-state index contributed by atoms with van der Waals surface area (Å²) in [6.07, 6.45) is 0. The van der Waals surface area contributed by atoms with Gasteiger partial charge in [0, 0.05) is 12.1 Å². The van der Waals surface area contributed by atoms with Crippen molar-refractivity contribution >= 4 is 5.97 Å². The normalized spacial score (nSPS) is 9.55. The monoisotopic (exact) mass is 157 g/mol. The van der Waals surface area contributed by atoms with Gasteiger partial charge in [0.1, 0.15) is 0 Å². The first-order valence-corrected chi connectivity index (χ1v) is 2.73. The van der Waals surface area contributed by atoms with Gasteiger partial charge in [-0.15, -0.1) is 0 Å². The Morgan fingerprint density at radius 2 is 2.18 bits per heavy atom. The van der Waals surface area contributed by atoms with Crippen LogP contribution in [0, 0.1) is 5.95 Å². The van der Waals surface area contributed by atoms with Crippen LogP contribution in [0.25, 0.3) is 0 Å². The molecule has 0 bridgehead atoms. The van der Waals surface area contributed by atoms with Gasteiger partial charge in [-0.2, -0.15) is 4.39 Å². The van der Waals surface area contributed by atoms with Crippen LogP contribution in [0.3, 0.4) is 0 Å². The van der Waals surface area contributed by atoms with E-state index in [9.17, 15) is 14.0 Å². The lowest BCUT2D eigenvalue weighted by molar-refractivity contribution is 0.0696. The van der Waals surface area contributed by atoms with Crippen LogP contribution in [0.5, 0.6) is 0 Å². The van der Waals surface area contributed by atoms with Gasteiger partial charge in [0.25, 0.3) is 5.56 Å². The number of hydrogen-bond donors (Lipinski definition) is 2. The molecular weight excluding hydrogens is 153 g/mol. The van der Waals surface area contributed by atoms with E-state index in [-0.39, 0.29) is 5.56 Å². The van der Waals surface area contributed by atoms with Gasteiger partial charge in [-0.1, -0.05) is 0 Å². The smallest absolute Gasteiger partial charge is 0.336 e. The van der Waals surface area contributed by atoms with Crippen molar-refractivity contribution in [3.05, 3.63) is 34.0 Å². The van der Waals surface area contributed by atoms with Crippen LogP contribution in [0.4, 0.5) is 4.39 Å². The van der Waals surface area contributed by atoms with Gasteiger partial charge in [0.05, 0.1) is 5.56 Å². The molecule has 0 aliphatic carbocycles. The number of halogens is 1. The molecule has 0 radical (unpaired) electrons. The molecule has 4 nitrogen and oxygen atoms in total. The molecule has 0 aliphatic rings. The number of carbonyl (C=O) groups is 1. The molecule has 58 valence electrons. The Morgan fingerprint density at radius 3 is 2.64 bits per heavy atom. The molecule has 11 heavy (non-hydrogen) atoms. The van der Waals surface area contributed by atoms with Crippen molar-refractivity contribution < 1.29 is 14.3 Å². The number of rotatable bonds is 1. The molecule has 0 saturated carbocycles. The molecule has 0 fully saturated rings. The maximum atomic E-state index is 12.3. The van der Waals surface area contributed by atoms with Crippen molar-refractivity contribution in [3.8, 4) is 0 Å². The highest BCUT2D eigenvalue weighted by Gasteiger charge is 2.04. The summed E-state index contributed by atoms with van der Waals surface area (Å²) in [5.41, 5.74) is -1.12. The predicted molar refractivity (Wildman–Crippen MR) is 34.0 cm³/mol. The van der Waals surface area contributed by atoms with Crippen LogP contribution >= 0.6 is 0 Å². The SMILES string of the molecule is O=C(O)c1cc(F)[nH]c(=O)c1. The number of aromatic carboxylic acids is 1. The second-order valence-electron chi connectivity index (χ2n) is 1.89. The average Bonchev–Trinajstić information content (AvgIpc) is 1.85. The lowest BCUT2D eigenvalue weighted by atomic mass is 10.3. The summed E-state index contributed by atoms with van der Waals surface area (Å²) in [4.78, 5) is 22.4. The van der Waals surface area contributed by atoms with E-state index < -0.39 is 17.5 Å². The first-order chi connectivity index (χ1) is 5.09. The third kappa shape index (κ3) is 1.64. The topological polar surface area (TPSA) is 70.2 Å². The number of H-pyrrole nitrogens is 1. The first-order valence-electron chi connectivity index (χ1n) is 2.73. The number of carboxylic acids is 1. The number of aromatic nitrogens is 1. The number of hydrogen-bond acceptors (Lipinski definition) is 2. The van der Waals surface area contributed by atoms with Gasteiger partial charge in [0.2, 0.25) is 0 Å². The van der Waals surface area contributed by atoms with Crippen molar-refractivity contribution in [2.75, 3.05) is 0 Å². The maximum Gasteiger partial charge on any atom is 0.336 e. The molecule has 0 aliphatic heterocycles. The van der Waals surface area contributed by atoms with E-state index in [4.69, 9.17) is 5.11 Å². The van der Waals surface area contributed by atoms with E-state index in [2.05, 4.69) is 0 Å². The third-order valence-electron chi connectivity index (χ3n) is 1.06. The molecule has 0 unspecified atom stereocenters. The molecule has 1 aromatic rings. The highest BCUT2D eigenvalue weighted by Crippen LogP contribution is 1.95. The molecular formula is C6H4FNO3. The van der Waals surface area contributed by atoms with Crippen LogP contribution < -0.4 is 5.56 Å². The van der Waals surface area contributed by atoms with Crippen molar-refractivity contribution in [2.45, 2.75) is 0 Å². The van der Waals surface area contributed by atoms with Gasteiger partial charge < -0.3 is 5.11 Å². The molecule has 1 aromatic heterocycles. The minimum absolute atomic E-state index is 0.355. The second-order valence-corrected chi connectivity index (χ2v) is 1.89. The summed E-state index contributed by atoms with van der Waals surface area (Å²) in [6, 6.07) is 1.55. The summed E-state index contributed by atoms with van der Waals surface area (Å²) >= 11 is 0. The molecule has 2 N–H and O–H groups in total. The van der Waals surface area contributed by atoms with E-state index in [0.717, 1.165) is 12.1 Å². The van der Waals surface area contributed by atoms with Crippen molar-refractivity contribution in [1.82, 2.24) is 4.98 Å². The van der Waals surface area contributed by atoms with Crippen molar-refractivity contribution in [2.24, 2.45) is 0 Å². The zero-order valence-electron chi connectivity index (χ0n) is 5.30. The predicted octanol–water partition coefficient (Wildman–Crippen LogP) is 0.212. The summed E-state index contributed by atoms with van der Waals surface area (Å²) in [5, 5.41) is 8.31. The Bertz CT molecular complexity index is 344. The molecule has 0 aromatic carbocycles. The minimum atomic E-state index is -1.32. The quantitative estimate of drug-likeness (QED) is 0.572. The van der Waals surface area contributed by atoms with Crippen LogP contribution in [-0.4, -0.2) is 16.1 Å². The first kappa shape index (κ1) is 7.46. The third-order valence-corrected chi connectivity index (χ3v) is 1.06. The molecule has 0 spiro atoms. The highest BCUT2D eigenvalue weighted by molar-refractivity contribution is 5.87. The molecule has 1 rings (SSSR count). The molecule has 0 amide bonds. The zero-order valence-corrected chi connectivity index (χ0v) is 5.30. The Kier molecular flexibility index (Phi) is 1.72. The lowest BCUT2D eigenvalue weighted by Gasteiger charge is -1.91. The molecule has 0 saturated heterocycles. The van der Waals surface area contributed by atoms with Crippen molar-refractivity contribution in [1.29, 1.82) is 0 Å². The largest absolute Gasteiger partial charge is 0.478 e. The average molecular weight is 157 g/mol. The lowest BCUT2D eigenvalue weighted by Crippen LogP contribution is -2.10. The Morgan fingerprint density at radius 1 is 1.55 bits per heavy atom. The zero-order chi connectivity index (χ0) is 8.43. The fraction of sp³-hybridized carbons (Fsp3) is 0. The van der Waals surface area contributed by atoms with Gasteiger partial charge in [-0.3, -0.25) is 9.78 Å². The van der Waals surface area contributed by atoms with E-state index in [1.807, 2.05) is 0 Å². The number of carboxylic acid groups (broad SMARTS) is 1. The summed E-state index contributed by atoms with van der Waals surface area (Å²) < 4.78 is 12.3. The summed E-state index contributed by atoms with van der Waals surface area (Å²) in [7, 11) is 0. The van der Waals surface area contributed by atoms with E-state index in [0.29, 0.717) is 0 Å². The van der Waals surface area contributed by atoms with Gasteiger partial charge in [-0.25, -0.2) is 4.79 Å². The van der Waals surface area contributed by atoms with Gasteiger partial charge in [0.15, 0.2) is 5.95 Å². The summed E-state index contributed by atoms with van der Waals surface area (Å²) in [5.74, 6) is -2.27. The Balaban J connectivity index is 3.30. The minimum Gasteiger partial charge on any atom is -0.478 e. The fourth-order valence-corrected chi connectivity index (χ4v) is 0.633. The fourth-order valence-electron chi connectivity index (χ4n) is 0.633. The van der Waals surface area contributed by atoms with Crippen LogP contribution in [0.2, 0.25) is 0 Å². The number of aromatic amines is 1. The van der Waals surface area contributed by atoms with Gasteiger partial charge in [-0.05, 0) is 0 Å². The number of nitrogens with one attached hydrogen (secondary N) is 1. The van der Waals surface area contributed by atoms with E-state index >= 15 is 0 Å². The highest BCUT2D eigenvalue weighted by atomic mass is 19.1. The van der Waals surface area contributed by atoms with Crippen molar-refractivity contribution in [3.63, 3.8) is 0 Å². The van der Waals surface area contributed by atoms with Gasteiger partial charge >= 0.3 is 5.97 Å². The Labute approximate surface area is 60.3 Å².